The summed E-state index contributed by atoms with van der Waals surface area (Å²) < 4.78 is 31.7. The Balaban J connectivity index is 0.00000101. The molecule has 1 fully saturated rings. The number of carbonyl (C=O) groups excluding carboxylic acids is 3. The van der Waals surface area contributed by atoms with E-state index in [0.29, 0.717) is 43.0 Å². The number of nitrogens with one attached hydrogen (secondary N) is 5. The minimum Gasteiger partial charge on any atom is -0.475 e. The summed E-state index contributed by atoms with van der Waals surface area (Å²) in [5, 5.41) is 41.4. The molecular weight excluding hydrogens is 775 g/mol. The van der Waals surface area contributed by atoms with Gasteiger partial charge >= 0.3 is 18.2 Å². The Morgan fingerprint density at radius 2 is 1.51 bits per heavy atom. The molecule has 0 bridgehead atoms. The molecule has 5 rings (SSSR count). The highest BCUT2D eigenvalue weighted by Crippen LogP contribution is 2.29. The van der Waals surface area contributed by atoms with Crippen molar-refractivity contribution in [1.29, 1.82) is 0 Å². The monoisotopic (exact) mass is 823 g/mol. The van der Waals surface area contributed by atoms with E-state index in [-0.39, 0.29) is 36.0 Å². The van der Waals surface area contributed by atoms with Crippen molar-refractivity contribution in [2.75, 3.05) is 38.0 Å². The number of benzene rings is 3. The molecule has 0 unspecified atom stereocenters. The number of aromatic nitrogens is 4. The maximum absolute atomic E-state index is 13.7. The number of carboxylic acid groups (broad SMARTS) is 2. The van der Waals surface area contributed by atoms with Gasteiger partial charge in [0.25, 0.3) is 5.91 Å². The molecule has 1 aliphatic carbocycles. The Hall–Kier alpha value is -6.37. The number of carbonyl (C=O) groups is 5. The fourth-order valence-electron chi connectivity index (χ4n) is 6.45. The van der Waals surface area contributed by atoms with Crippen molar-refractivity contribution in [1.82, 2.24) is 41.5 Å². The number of hydrogen-bond acceptors (Lipinski definition) is 9. The van der Waals surface area contributed by atoms with Gasteiger partial charge in [0.2, 0.25) is 17.6 Å². The molecule has 7 N–H and O–H groups in total. The second-order valence-electron chi connectivity index (χ2n) is 13.8. The number of tetrazole rings is 1. The molecule has 0 spiro atoms. The van der Waals surface area contributed by atoms with E-state index in [0.717, 1.165) is 54.7 Å². The Bertz CT molecular complexity index is 1990. The van der Waals surface area contributed by atoms with Gasteiger partial charge in [-0.3, -0.25) is 14.4 Å². The van der Waals surface area contributed by atoms with Gasteiger partial charge in [0.15, 0.2) is 0 Å². The number of aliphatic carboxylic acids is 1. The van der Waals surface area contributed by atoms with Gasteiger partial charge in [0, 0.05) is 48.8 Å². The molecule has 1 aliphatic rings. The van der Waals surface area contributed by atoms with Crippen LogP contribution in [0.5, 0.6) is 0 Å². The maximum atomic E-state index is 13.7. The quantitative estimate of drug-likeness (QED) is 0.0797. The van der Waals surface area contributed by atoms with E-state index in [1.54, 1.807) is 30.3 Å². The molecular formula is C40H48F3N9O7. The molecule has 3 aromatic carbocycles. The van der Waals surface area contributed by atoms with Crippen LogP contribution < -0.4 is 21.3 Å². The molecule has 19 heteroatoms. The van der Waals surface area contributed by atoms with Gasteiger partial charge in [0.1, 0.15) is 6.04 Å². The van der Waals surface area contributed by atoms with Crippen LogP contribution in [0, 0.1) is 11.8 Å². The van der Waals surface area contributed by atoms with E-state index in [1.165, 1.54) is 0 Å². The molecule has 0 saturated heterocycles. The molecule has 1 heterocycles. The molecule has 59 heavy (non-hydrogen) atoms. The summed E-state index contributed by atoms with van der Waals surface area (Å²) in [5.41, 5.74) is 4.53. The first kappa shape index (κ1) is 45.3. The third-order valence-corrected chi connectivity index (χ3v) is 9.85. The number of carboxylic acids is 1. The number of aromatic amines is 1. The molecule has 4 aromatic rings. The predicted molar refractivity (Wildman–Crippen MR) is 211 cm³/mol. The number of halogens is 3. The number of alkyl halides is 3. The largest absolute Gasteiger partial charge is 0.490 e. The van der Waals surface area contributed by atoms with E-state index in [1.807, 2.05) is 42.5 Å². The van der Waals surface area contributed by atoms with Crippen molar-refractivity contribution in [2.45, 2.75) is 58.2 Å². The van der Waals surface area contributed by atoms with Crippen molar-refractivity contribution in [3.8, 4) is 22.5 Å². The zero-order valence-corrected chi connectivity index (χ0v) is 32.6. The van der Waals surface area contributed by atoms with E-state index < -0.39 is 24.3 Å². The Labute approximate surface area is 338 Å². The van der Waals surface area contributed by atoms with Crippen LogP contribution in [0.4, 0.5) is 23.7 Å². The average Bonchev–Trinajstić information content (AvgIpc) is 3.77. The maximum Gasteiger partial charge on any atom is 0.490 e. The van der Waals surface area contributed by atoms with Crippen LogP contribution >= 0.6 is 0 Å². The third-order valence-electron chi connectivity index (χ3n) is 9.85. The number of H-pyrrole nitrogens is 1. The van der Waals surface area contributed by atoms with Gasteiger partial charge in [-0.15, -0.1) is 10.2 Å². The zero-order valence-electron chi connectivity index (χ0n) is 32.6. The topological polar surface area (TPSA) is 232 Å². The fourth-order valence-corrected chi connectivity index (χ4v) is 6.45. The molecule has 1 aromatic heterocycles. The van der Waals surface area contributed by atoms with Crippen LogP contribution in [-0.2, 0) is 20.8 Å². The standard InChI is InChI=1S/C38H47N9O5.C2HF3O2/c1-3-47(4-2)21-20-39-35(48)31-7-5-6-30(23-31)27-12-8-25(9-13-27)22-33(42-36(49)29-14-10-26(11-15-29)24-40-38(51)52)37(50)41-32-18-16-28(17-19-32)34-43-45-46-44-34;3-2(4,5)1(6)7/h5-9,12-13,16-19,23,26,29,33,40H,3-4,10-11,14-15,20-22,24H2,1-2H3,(H,39,48)(H,41,50)(H,42,49)(H,51,52)(H,43,44,45,46);(H,6,7)/t26-,29-,33-;/m0./s1. The van der Waals surface area contributed by atoms with E-state index >= 15 is 0 Å². The average molecular weight is 824 g/mol. The second kappa shape index (κ2) is 22.0. The zero-order chi connectivity index (χ0) is 43.0. The minimum absolute atomic E-state index is 0.120. The smallest absolute Gasteiger partial charge is 0.475 e. The van der Waals surface area contributed by atoms with Crippen molar-refractivity contribution in [2.24, 2.45) is 11.8 Å². The van der Waals surface area contributed by atoms with Crippen LogP contribution in [0.25, 0.3) is 22.5 Å². The van der Waals surface area contributed by atoms with Crippen molar-refractivity contribution in [3.05, 3.63) is 83.9 Å². The number of amides is 4. The first-order valence-electron chi connectivity index (χ1n) is 19.1. The van der Waals surface area contributed by atoms with E-state index in [4.69, 9.17) is 15.0 Å². The highest BCUT2D eigenvalue weighted by Gasteiger charge is 2.38. The summed E-state index contributed by atoms with van der Waals surface area (Å²) in [5.74, 6) is -3.08. The van der Waals surface area contributed by atoms with Gasteiger partial charge in [-0.05, 0) is 103 Å². The first-order chi connectivity index (χ1) is 28.2. The molecule has 1 atom stereocenters. The summed E-state index contributed by atoms with van der Waals surface area (Å²) >= 11 is 0. The number of nitrogens with zero attached hydrogens (tertiary/aromatic N) is 4. The number of likely N-dealkylation sites (N-methyl/N-ethyl adjacent to an activating group) is 1. The summed E-state index contributed by atoms with van der Waals surface area (Å²) in [6.45, 7) is 7.80. The molecule has 16 nitrogen and oxygen atoms in total. The first-order valence-corrected chi connectivity index (χ1v) is 19.1. The fraction of sp³-hybridized carbons (Fsp3) is 0.400. The van der Waals surface area contributed by atoms with Crippen LogP contribution in [-0.4, -0.2) is 110 Å². The van der Waals surface area contributed by atoms with Crippen LogP contribution in [0.15, 0.2) is 72.8 Å². The number of rotatable bonds is 16. The van der Waals surface area contributed by atoms with Crippen LogP contribution in [0.1, 0.15) is 55.5 Å². The lowest BCUT2D eigenvalue weighted by Crippen LogP contribution is -2.48. The summed E-state index contributed by atoms with van der Waals surface area (Å²) in [4.78, 5) is 62.1. The van der Waals surface area contributed by atoms with Gasteiger partial charge in [-0.2, -0.15) is 18.4 Å². The van der Waals surface area contributed by atoms with E-state index in [2.05, 4.69) is 60.6 Å². The lowest BCUT2D eigenvalue weighted by Gasteiger charge is -2.29. The minimum atomic E-state index is -5.08. The van der Waals surface area contributed by atoms with Crippen molar-refractivity contribution < 1.29 is 47.4 Å². The Morgan fingerprint density at radius 1 is 0.864 bits per heavy atom. The number of anilines is 1. The third kappa shape index (κ3) is 14.5. The van der Waals surface area contributed by atoms with Crippen LogP contribution in [0.3, 0.4) is 0 Å². The second-order valence-corrected chi connectivity index (χ2v) is 13.8. The van der Waals surface area contributed by atoms with E-state index in [9.17, 15) is 32.3 Å². The lowest BCUT2D eigenvalue weighted by atomic mass is 9.81. The molecule has 0 aliphatic heterocycles. The number of hydrogen-bond donors (Lipinski definition) is 7. The molecule has 316 valence electrons. The normalized spacial score (nSPS) is 15.6. The van der Waals surface area contributed by atoms with Crippen LogP contribution in [0.2, 0.25) is 0 Å². The summed E-state index contributed by atoms with van der Waals surface area (Å²) in [6, 6.07) is 21.4. The summed E-state index contributed by atoms with van der Waals surface area (Å²) in [6.07, 6.45) is -3.20. The van der Waals surface area contributed by atoms with Gasteiger partial charge < -0.3 is 36.4 Å². The summed E-state index contributed by atoms with van der Waals surface area (Å²) in [7, 11) is 0. The van der Waals surface area contributed by atoms with Crippen molar-refractivity contribution >= 4 is 35.5 Å². The lowest BCUT2D eigenvalue weighted by molar-refractivity contribution is -0.192. The predicted octanol–water partition coefficient (Wildman–Crippen LogP) is 4.98. The Morgan fingerprint density at radius 3 is 2.08 bits per heavy atom. The SMILES string of the molecule is CCN(CC)CCNC(=O)c1cccc(-c2ccc(C[C@H](NC(=O)[C@H]3CC[C@H](CNC(=O)O)CC3)C(=O)Nc3ccc(-c4nn[nH]n4)cc3)cc2)c1.O=C(O)C(F)(F)F. The van der Waals surface area contributed by atoms with Crippen molar-refractivity contribution in [3.63, 3.8) is 0 Å². The van der Waals surface area contributed by atoms with Gasteiger partial charge in [0.05, 0.1) is 0 Å². The van der Waals surface area contributed by atoms with Gasteiger partial charge in [-0.25, -0.2) is 9.59 Å². The Kier molecular flexibility index (Phi) is 16.9. The molecule has 0 radical (unpaired) electrons. The van der Waals surface area contributed by atoms with Gasteiger partial charge in [-0.1, -0.05) is 50.2 Å². The highest BCUT2D eigenvalue weighted by atomic mass is 19.4. The highest BCUT2D eigenvalue weighted by molar-refractivity contribution is 5.98. The molecule has 1 saturated carbocycles. The molecule has 4 amide bonds.